The van der Waals surface area contributed by atoms with Crippen LogP contribution in [0.25, 0.3) is 4.85 Å². The fourth-order valence-corrected chi connectivity index (χ4v) is 2.22. The smallest absolute Gasteiger partial charge is 0.253 e. The van der Waals surface area contributed by atoms with Crippen molar-refractivity contribution >= 4 is 17.5 Å². The minimum absolute atomic E-state index is 0.0468. The van der Waals surface area contributed by atoms with E-state index in [0.29, 0.717) is 37.4 Å². The number of amides is 2. The minimum Gasteiger partial charge on any atom is -0.336 e. The predicted octanol–water partition coefficient (Wildman–Crippen LogP) is -0.0149. The van der Waals surface area contributed by atoms with E-state index in [-0.39, 0.29) is 18.4 Å². The van der Waals surface area contributed by atoms with Gasteiger partial charge in [-0.15, -0.1) is 0 Å². The lowest BCUT2D eigenvalue weighted by atomic mass is 10.1. The molecule has 1 aromatic carbocycles. The molecule has 3 N–H and O–H groups in total. The molecular weight excluding hydrogens is 270 g/mol. The van der Waals surface area contributed by atoms with Gasteiger partial charge < -0.3 is 4.90 Å². The Morgan fingerprint density at radius 3 is 2.33 bits per heavy atom. The Kier molecular flexibility index (Phi) is 4.87. The molecule has 0 saturated carbocycles. The van der Waals surface area contributed by atoms with Gasteiger partial charge >= 0.3 is 0 Å². The second-order valence-corrected chi connectivity index (χ2v) is 4.79. The molecule has 0 aromatic heterocycles. The van der Waals surface area contributed by atoms with E-state index in [0.717, 1.165) is 0 Å². The quantitative estimate of drug-likeness (QED) is 0.354. The lowest BCUT2D eigenvalue weighted by molar-refractivity contribution is -0.122. The number of nitrogens with two attached hydrogens (primary N) is 1. The van der Waals surface area contributed by atoms with Gasteiger partial charge in [-0.2, -0.15) is 0 Å². The van der Waals surface area contributed by atoms with Gasteiger partial charge in [0.25, 0.3) is 5.91 Å². The Balaban J connectivity index is 1.90. The number of hydrogen-bond acceptors (Lipinski definition) is 4. The summed E-state index contributed by atoms with van der Waals surface area (Å²) < 4.78 is 0. The summed E-state index contributed by atoms with van der Waals surface area (Å²) in [5.74, 6) is 4.77. The van der Waals surface area contributed by atoms with Crippen molar-refractivity contribution in [2.24, 2.45) is 5.84 Å². The van der Waals surface area contributed by atoms with Crippen LogP contribution in [0.4, 0.5) is 5.69 Å². The average molecular weight is 287 g/mol. The minimum atomic E-state index is -0.232. The van der Waals surface area contributed by atoms with Crippen LogP contribution in [0.1, 0.15) is 10.4 Å². The molecule has 7 heteroatoms. The highest BCUT2D eigenvalue weighted by atomic mass is 16.2. The largest absolute Gasteiger partial charge is 0.336 e. The zero-order valence-corrected chi connectivity index (χ0v) is 11.6. The maximum absolute atomic E-state index is 12.3. The second-order valence-electron chi connectivity index (χ2n) is 4.79. The van der Waals surface area contributed by atoms with E-state index in [1.807, 2.05) is 4.90 Å². The SMILES string of the molecule is [C-]#[N+]c1ccc(C(=O)N2CCN(CC(=O)NN)CC2)cc1. The van der Waals surface area contributed by atoms with E-state index in [1.54, 1.807) is 29.2 Å². The summed E-state index contributed by atoms with van der Waals surface area (Å²) in [5, 5.41) is 0. The Morgan fingerprint density at radius 1 is 1.19 bits per heavy atom. The van der Waals surface area contributed by atoms with E-state index in [1.165, 1.54) is 0 Å². The third kappa shape index (κ3) is 3.78. The van der Waals surface area contributed by atoms with Gasteiger partial charge in [0.15, 0.2) is 5.69 Å². The number of carbonyl (C=O) groups excluding carboxylic acids is 2. The molecule has 1 saturated heterocycles. The first-order valence-corrected chi connectivity index (χ1v) is 6.62. The highest BCUT2D eigenvalue weighted by Gasteiger charge is 2.22. The molecule has 110 valence electrons. The van der Waals surface area contributed by atoms with Gasteiger partial charge in [0.05, 0.1) is 13.1 Å². The van der Waals surface area contributed by atoms with E-state index >= 15 is 0 Å². The standard InChI is InChI=1S/C14H17N5O2/c1-16-12-4-2-11(3-5-12)14(21)19-8-6-18(7-9-19)10-13(20)17-15/h2-5H,6-10,15H2,(H,17,20). The average Bonchev–Trinajstić information content (AvgIpc) is 2.55. The zero-order valence-electron chi connectivity index (χ0n) is 11.6. The molecule has 0 spiro atoms. The number of nitrogens with zero attached hydrogens (tertiary/aromatic N) is 3. The van der Waals surface area contributed by atoms with Crippen LogP contribution in [-0.4, -0.2) is 54.3 Å². The van der Waals surface area contributed by atoms with Crippen LogP contribution in [0.2, 0.25) is 0 Å². The normalized spacial score (nSPS) is 15.3. The Bertz CT molecular complexity index is 556. The zero-order chi connectivity index (χ0) is 15.2. The summed E-state index contributed by atoms with van der Waals surface area (Å²) in [6.45, 7) is 9.56. The predicted molar refractivity (Wildman–Crippen MR) is 77.4 cm³/mol. The van der Waals surface area contributed by atoms with Crippen LogP contribution in [0.3, 0.4) is 0 Å². The molecule has 1 heterocycles. The molecule has 2 rings (SSSR count). The molecule has 2 amide bonds. The highest BCUT2D eigenvalue weighted by molar-refractivity contribution is 5.94. The molecule has 0 radical (unpaired) electrons. The second kappa shape index (κ2) is 6.83. The van der Waals surface area contributed by atoms with Crippen molar-refractivity contribution in [1.82, 2.24) is 15.2 Å². The van der Waals surface area contributed by atoms with Crippen molar-refractivity contribution < 1.29 is 9.59 Å². The first-order chi connectivity index (χ1) is 10.1. The van der Waals surface area contributed by atoms with Gasteiger partial charge in [-0.25, -0.2) is 10.7 Å². The molecule has 0 unspecified atom stereocenters. The molecular formula is C14H17N5O2. The maximum Gasteiger partial charge on any atom is 0.253 e. The van der Waals surface area contributed by atoms with Crippen LogP contribution in [-0.2, 0) is 4.79 Å². The summed E-state index contributed by atoms with van der Waals surface area (Å²) in [6.07, 6.45) is 0. The van der Waals surface area contributed by atoms with E-state index in [2.05, 4.69) is 10.3 Å². The lowest BCUT2D eigenvalue weighted by Gasteiger charge is -2.34. The number of hydrazine groups is 1. The van der Waals surface area contributed by atoms with Gasteiger partial charge in [-0.1, -0.05) is 24.3 Å². The Hall–Kier alpha value is -2.43. The maximum atomic E-state index is 12.3. The Morgan fingerprint density at radius 2 is 1.81 bits per heavy atom. The van der Waals surface area contributed by atoms with Gasteiger partial charge in [0.2, 0.25) is 5.91 Å². The van der Waals surface area contributed by atoms with Crippen molar-refractivity contribution in [3.05, 3.63) is 41.2 Å². The third-order valence-electron chi connectivity index (χ3n) is 3.43. The number of carbonyl (C=O) groups is 2. The molecule has 0 aliphatic carbocycles. The fraction of sp³-hybridized carbons (Fsp3) is 0.357. The van der Waals surface area contributed by atoms with Crippen molar-refractivity contribution in [3.8, 4) is 0 Å². The van der Waals surface area contributed by atoms with Crippen LogP contribution in [0, 0.1) is 6.57 Å². The van der Waals surface area contributed by atoms with Crippen LogP contribution in [0.15, 0.2) is 24.3 Å². The van der Waals surface area contributed by atoms with Gasteiger partial charge in [0.1, 0.15) is 0 Å². The van der Waals surface area contributed by atoms with Crippen molar-refractivity contribution in [2.45, 2.75) is 0 Å². The number of benzene rings is 1. The van der Waals surface area contributed by atoms with Crippen molar-refractivity contribution in [1.29, 1.82) is 0 Å². The summed E-state index contributed by atoms with van der Waals surface area (Å²) in [6, 6.07) is 6.62. The molecule has 1 aliphatic heterocycles. The fourth-order valence-electron chi connectivity index (χ4n) is 2.22. The van der Waals surface area contributed by atoms with E-state index < -0.39 is 0 Å². The van der Waals surface area contributed by atoms with Gasteiger partial charge in [0, 0.05) is 31.7 Å². The van der Waals surface area contributed by atoms with E-state index in [4.69, 9.17) is 12.4 Å². The number of hydrogen-bond donors (Lipinski definition) is 2. The summed E-state index contributed by atoms with van der Waals surface area (Å²) in [5.41, 5.74) is 3.19. The molecule has 1 fully saturated rings. The summed E-state index contributed by atoms with van der Waals surface area (Å²) in [4.78, 5) is 30.5. The number of rotatable bonds is 3. The molecule has 0 bridgehead atoms. The number of nitrogens with one attached hydrogen (secondary N) is 1. The van der Waals surface area contributed by atoms with Crippen molar-refractivity contribution in [2.75, 3.05) is 32.7 Å². The van der Waals surface area contributed by atoms with E-state index in [9.17, 15) is 9.59 Å². The third-order valence-corrected chi connectivity index (χ3v) is 3.43. The van der Waals surface area contributed by atoms with Crippen LogP contribution < -0.4 is 11.3 Å². The molecule has 7 nitrogen and oxygen atoms in total. The first-order valence-electron chi connectivity index (χ1n) is 6.62. The molecule has 0 atom stereocenters. The molecule has 1 aliphatic rings. The monoisotopic (exact) mass is 287 g/mol. The number of piperazine rings is 1. The topological polar surface area (TPSA) is 83.0 Å². The van der Waals surface area contributed by atoms with Gasteiger partial charge in [-0.05, 0) is 0 Å². The molecule has 1 aromatic rings. The Labute approximate surface area is 123 Å². The van der Waals surface area contributed by atoms with Crippen LogP contribution >= 0.6 is 0 Å². The summed E-state index contributed by atoms with van der Waals surface area (Å²) >= 11 is 0. The van der Waals surface area contributed by atoms with Gasteiger partial charge in [-0.3, -0.25) is 19.9 Å². The first kappa shape index (κ1) is 15.0. The lowest BCUT2D eigenvalue weighted by Crippen LogP contribution is -2.51. The summed E-state index contributed by atoms with van der Waals surface area (Å²) in [7, 11) is 0. The van der Waals surface area contributed by atoms with Crippen molar-refractivity contribution in [3.63, 3.8) is 0 Å². The molecule has 21 heavy (non-hydrogen) atoms. The van der Waals surface area contributed by atoms with Crippen LogP contribution in [0.5, 0.6) is 0 Å². The highest BCUT2D eigenvalue weighted by Crippen LogP contribution is 2.15.